The topological polar surface area (TPSA) is 103 Å². The molecule has 0 bridgehead atoms. The number of nitrogens with one attached hydrogen (secondary N) is 1. The first kappa shape index (κ1) is 26.2. The summed E-state index contributed by atoms with van der Waals surface area (Å²) in [5.41, 5.74) is 5.00. The average molecular weight is 538 g/mol. The largest absolute Gasteiger partial charge is 0.491 e. The smallest absolute Gasteiger partial charge is 0.395 e. The lowest BCUT2D eigenvalue weighted by molar-refractivity contribution is -0.181. The van der Waals surface area contributed by atoms with Crippen molar-refractivity contribution in [1.82, 2.24) is 4.57 Å². The van der Waals surface area contributed by atoms with Gasteiger partial charge in [0.25, 0.3) is 11.5 Å². The van der Waals surface area contributed by atoms with Gasteiger partial charge in [-0.05, 0) is 54.8 Å². The molecule has 1 aromatic heterocycles. The Balaban J connectivity index is 1.70. The molecule has 0 spiro atoms. The van der Waals surface area contributed by atoms with Crippen LogP contribution >= 0.6 is 11.6 Å². The van der Waals surface area contributed by atoms with Gasteiger partial charge in [-0.15, -0.1) is 0 Å². The fourth-order valence-corrected chi connectivity index (χ4v) is 4.20. The molecule has 0 saturated carbocycles. The molecule has 194 valence electrons. The molecular formula is C25H20ClF4N3O4. The number of ether oxygens (including phenoxy) is 1. The molecule has 37 heavy (non-hydrogen) atoms. The number of hydrogen-bond donors (Lipinski definition) is 2. The minimum Gasteiger partial charge on any atom is -0.491 e. The molecule has 3 aromatic rings. The van der Waals surface area contributed by atoms with Crippen LogP contribution in [0.3, 0.4) is 0 Å². The summed E-state index contributed by atoms with van der Waals surface area (Å²) >= 11 is 6.09. The molecule has 0 saturated heterocycles. The number of halogens is 5. The number of aromatic nitrogens is 1. The number of pyridine rings is 1. The van der Waals surface area contributed by atoms with Crippen LogP contribution in [0.5, 0.6) is 5.75 Å². The van der Waals surface area contributed by atoms with Crippen molar-refractivity contribution in [1.29, 1.82) is 0 Å². The van der Waals surface area contributed by atoms with Crippen molar-refractivity contribution < 1.29 is 31.9 Å². The Morgan fingerprint density at radius 1 is 1.16 bits per heavy atom. The third-order valence-corrected chi connectivity index (χ3v) is 6.31. The Kier molecular flexibility index (Phi) is 7.00. The first-order chi connectivity index (χ1) is 17.3. The summed E-state index contributed by atoms with van der Waals surface area (Å²) in [6.45, 7) is 0.687. The first-order valence-corrected chi connectivity index (χ1v) is 11.4. The Labute approximate surface area is 212 Å². The molecular weight excluding hydrogens is 518 g/mol. The van der Waals surface area contributed by atoms with E-state index in [4.69, 9.17) is 22.1 Å². The third-order valence-electron chi connectivity index (χ3n) is 6.07. The van der Waals surface area contributed by atoms with Crippen molar-refractivity contribution >= 4 is 29.1 Å². The van der Waals surface area contributed by atoms with Crippen LogP contribution in [0.1, 0.15) is 28.9 Å². The summed E-state index contributed by atoms with van der Waals surface area (Å²) in [5, 5.41) is 2.69. The van der Waals surface area contributed by atoms with Gasteiger partial charge in [0, 0.05) is 22.3 Å². The Hall–Kier alpha value is -3.86. The van der Waals surface area contributed by atoms with Crippen molar-refractivity contribution in [2.75, 3.05) is 11.9 Å². The van der Waals surface area contributed by atoms with Crippen molar-refractivity contribution in [2.24, 2.45) is 11.7 Å². The maximum absolute atomic E-state index is 14.1. The van der Waals surface area contributed by atoms with E-state index in [9.17, 15) is 31.9 Å². The molecule has 0 aliphatic carbocycles. The van der Waals surface area contributed by atoms with Crippen molar-refractivity contribution in [2.45, 2.75) is 25.6 Å². The molecule has 2 atom stereocenters. The quantitative estimate of drug-likeness (QED) is 0.470. The van der Waals surface area contributed by atoms with E-state index in [1.807, 2.05) is 0 Å². The van der Waals surface area contributed by atoms with Crippen LogP contribution in [0.15, 0.2) is 53.5 Å². The van der Waals surface area contributed by atoms with Gasteiger partial charge in [-0.1, -0.05) is 17.7 Å². The number of carbonyl (C=O) groups excluding carboxylic acids is 2. The molecule has 2 unspecified atom stereocenters. The van der Waals surface area contributed by atoms with Crippen LogP contribution in [-0.4, -0.2) is 29.2 Å². The van der Waals surface area contributed by atoms with Gasteiger partial charge in [0.2, 0.25) is 5.91 Å². The van der Waals surface area contributed by atoms with Crippen molar-refractivity contribution in [3.8, 4) is 16.9 Å². The third kappa shape index (κ3) is 5.46. The fourth-order valence-electron chi connectivity index (χ4n) is 4.02. The van der Waals surface area contributed by atoms with Gasteiger partial charge in [0.15, 0.2) is 0 Å². The molecule has 0 radical (unpaired) electrons. The second kappa shape index (κ2) is 9.89. The van der Waals surface area contributed by atoms with Crippen molar-refractivity contribution in [3.05, 3.63) is 81.0 Å². The van der Waals surface area contributed by atoms with Crippen LogP contribution in [0.4, 0.5) is 23.2 Å². The average Bonchev–Trinajstić information content (AvgIpc) is 2.80. The van der Waals surface area contributed by atoms with Crippen molar-refractivity contribution in [3.63, 3.8) is 0 Å². The van der Waals surface area contributed by atoms with Crippen LogP contribution in [0.25, 0.3) is 11.1 Å². The highest BCUT2D eigenvalue weighted by Gasteiger charge is 2.41. The van der Waals surface area contributed by atoms with Gasteiger partial charge in [-0.3, -0.25) is 19.0 Å². The highest BCUT2D eigenvalue weighted by Crippen LogP contribution is 2.40. The van der Waals surface area contributed by atoms with Gasteiger partial charge >= 0.3 is 6.18 Å². The lowest BCUT2D eigenvalue weighted by Crippen LogP contribution is -2.34. The lowest BCUT2D eigenvalue weighted by Gasteiger charge is -2.27. The normalized spacial score (nSPS) is 15.9. The van der Waals surface area contributed by atoms with E-state index in [-0.39, 0.29) is 34.0 Å². The zero-order chi connectivity index (χ0) is 27.1. The van der Waals surface area contributed by atoms with Crippen LogP contribution in [0.2, 0.25) is 5.02 Å². The molecule has 1 aliphatic heterocycles. The maximum atomic E-state index is 14.1. The number of nitrogens with two attached hydrogens (primary N) is 1. The Morgan fingerprint density at radius 3 is 2.54 bits per heavy atom. The van der Waals surface area contributed by atoms with E-state index >= 15 is 0 Å². The minimum absolute atomic E-state index is 0.00600. The molecule has 2 amide bonds. The summed E-state index contributed by atoms with van der Waals surface area (Å²) < 4.78 is 61.4. The zero-order valence-corrected chi connectivity index (χ0v) is 20.0. The Bertz CT molecular complexity index is 1450. The number of amides is 2. The van der Waals surface area contributed by atoms with Gasteiger partial charge in [0.05, 0.1) is 17.7 Å². The highest BCUT2D eigenvalue weighted by molar-refractivity contribution is 6.30. The van der Waals surface area contributed by atoms with E-state index < -0.39 is 47.9 Å². The molecule has 12 heteroatoms. The molecule has 3 N–H and O–H groups in total. The number of nitrogens with zero attached hydrogens (tertiary/aromatic N) is 1. The van der Waals surface area contributed by atoms with Gasteiger partial charge in [0.1, 0.15) is 24.2 Å². The molecule has 2 heterocycles. The van der Waals surface area contributed by atoms with E-state index in [1.54, 1.807) is 0 Å². The maximum Gasteiger partial charge on any atom is 0.395 e. The number of fused-ring (bicyclic) bond motifs is 3. The van der Waals surface area contributed by atoms with Gasteiger partial charge < -0.3 is 15.8 Å². The number of primary amides is 1. The predicted octanol–water partition coefficient (Wildman–Crippen LogP) is 4.72. The summed E-state index contributed by atoms with van der Waals surface area (Å²) in [6.07, 6.45) is -3.72. The molecule has 2 aromatic carbocycles. The monoisotopic (exact) mass is 537 g/mol. The number of hydrogen-bond acceptors (Lipinski definition) is 4. The number of carbonyl (C=O) groups is 2. The zero-order valence-electron chi connectivity index (χ0n) is 19.2. The van der Waals surface area contributed by atoms with Crippen LogP contribution < -0.4 is 21.3 Å². The fraction of sp³-hybridized carbons (Fsp3) is 0.240. The number of benzene rings is 2. The van der Waals surface area contributed by atoms with E-state index in [0.717, 1.165) is 16.7 Å². The molecule has 4 rings (SSSR count). The SMILES string of the molecule is CC(C(=O)Nc1ccc(C(N)=O)c(F)c1)n1cc2c(cc1=O)-c1cc(Cl)ccc1CC(C(F)(F)F)CO2. The van der Waals surface area contributed by atoms with Crippen LogP contribution in [0, 0.1) is 11.7 Å². The molecule has 0 fully saturated rings. The summed E-state index contributed by atoms with van der Waals surface area (Å²) in [4.78, 5) is 37.0. The van der Waals surface area contributed by atoms with E-state index in [2.05, 4.69) is 5.32 Å². The van der Waals surface area contributed by atoms with Gasteiger partial charge in [-0.25, -0.2) is 4.39 Å². The first-order valence-electron chi connectivity index (χ1n) is 11.0. The second-order valence-corrected chi connectivity index (χ2v) is 9.01. The molecule has 7 nitrogen and oxygen atoms in total. The second-order valence-electron chi connectivity index (χ2n) is 8.58. The summed E-state index contributed by atoms with van der Waals surface area (Å²) in [6, 6.07) is 7.68. The predicted molar refractivity (Wildman–Crippen MR) is 128 cm³/mol. The standard InChI is InChI=1S/C25H20ClF4N3O4/c1-12(24(36)32-16-4-5-17(23(31)35)20(27)8-16)33-10-21-19(9-22(33)34)18-7-15(26)3-2-13(18)6-14(11-37-21)25(28,29)30/h2-5,7-10,12,14H,6,11H2,1H3,(H2,31,35)(H,32,36). The molecule has 1 aliphatic rings. The number of rotatable bonds is 4. The van der Waals surface area contributed by atoms with Gasteiger partial charge in [-0.2, -0.15) is 13.2 Å². The highest BCUT2D eigenvalue weighted by atomic mass is 35.5. The number of anilines is 1. The summed E-state index contributed by atoms with van der Waals surface area (Å²) in [5.74, 6) is -4.49. The van der Waals surface area contributed by atoms with Crippen LogP contribution in [-0.2, 0) is 11.2 Å². The summed E-state index contributed by atoms with van der Waals surface area (Å²) in [7, 11) is 0. The lowest BCUT2D eigenvalue weighted by atomic mass is 9.91. The van der Waals surface area contributed by atoms with E-state index in [1.165, 1.54) is 43.5 Å². The number of alkyl halides is 3. The van der Waals surface area contributed by atoms with E-state index in [0.29, 0.717) is 11.1 Å². The minimum atomic E-state index is -4.53. The Morgan fingerprint density at radius 2 is 1.89 bits per heavy atom.